The molecule has 0 aliphatic rings. The quantitative estimate of drug-likeness (QED) is 0.710. The number of rotatable bonds is 3. The molecule has 0 saturated carbocycles. The van der Waals surface area contributed by atoms with Crippen LogP contribution in [0.4, 0.5) is 0 Å². The summed E-state index contributed by atoms with van der Waals surface area (Å²) in [6.45, 7) is 4.14. The lowest BCUT2D eigenvalue weighted by atomic mass is 10.0. The molecule has 0 N–H and O–H groups in total. The van der Waals surface area contributed by atoms with Crippen LogP contribution >= 0.6 is 0 Å². The predicted molar refractivity (Wildman–Crippen MR) is 58.5 cm³/mol. The number of benzene rings is 1. The molecule has 1 aromatic carbocycles. The number of nitrogens with zero attached hydrogens (tertiary/aromatic N) is 1. The molecule has 0 aliphatic carbocycles. The molecule has 0 bridgehead atoms. The molecule has 3 nitrogen and oxygen atoms in total. The maximum absolute atomic E-state index is 11.7. The minimum atomic E-state index is -0.145. The lowest BCUT2D eigenvalue weighted by Gasteiger charge is -2.14. The van der Waals surface area contributed by atoms with Gasteiger partial charge < -0.3 is 0 Å². The molecule has 15 heavy (non-hydrogen) atoms. The molecular formula is C12H16NO2. The van der Waals surface area contributed by atoms with Gasteiger partial charge in [0.1, 0.15) is 0 Å². The van der Waals surface area contributed by atoms with Crippen LogP contribution in [0.3, 0.4) is 0 Å². The summed E-state index contributed by atoms with van der Waals surface area (Å²) in [7, 11) is 3.06. The summed E-state index contributed by atoms with van der Waals surface area (Å²) >= 11 is 0. The zero-order valence-electron chi connectivity index (χ0n) is 9.57. The first-order valence-electron chi connectivity index (χ1n) is 4.90. The molecule has 0 saturated heterocycles. The Hall–Kier alpha value is -1.35. The Kier molecular flexibility index (Phi) is 3.86. The third-order valence-electron chi connectivity index (χ3n) is 2.25. The SMILES string of the molecule is CON(C)C(=O)c1cc[c]c(C(C)C)c1. The van der Waals surface area contributed by atoms with Crippen molar-refractivity contribution in [1.82, 2.24) is 5.06 Å². The second-order valence-corrected chi connectivity index (χ2v) is 3.67. The van der Waals surface area contributed by atoms with Crippen molar-refractivity contribution in [2.75, 3.05) is 14.2 Å². The van der Waals surface area contributed by atoms with E-state index in [1.807, 2.05) is 6.07 Å². The van der Waals surface area contributed by atoms with Gasteiger partial charge in [-0.3, -0.25) is 9.63 Å². The van der Waals surface area contributed by atoms with Gasteiger partial charge in [0, 0.05) is 12.6 Å². The minimum Gasteiger partial charge on any atom is -0.274 e. The van der Waals surface area contributed by atoms with E-state index in [-0.39, 0.29) is 5.91 Å². The Morgan fingerprint density at radius 3 is 2.73 bits per heavy atom. The summed E-state index contributed by atoms with van der Waals surface area (Å²) in [5.74, 6) is 0.221. The van der Waals surface area contributed by atoms with E-state index in [4.69, 9.17) is 4.84 Å². The van der Waals surface area contributed by atoms with Gasteiger partial charge in [-0.2, -0.15) is 0 Å². The van der Waals surface area contributed by atoms with E-state index < -0.39 is 0 Å². The molecule has 1 rings (SSSR count). The third-order valence-corrected chi connectivity index (χ3v) is 2.25. The highest BCUT2D eigenvalue weighted by molar-refractivity contribution is 5.93. The molecule has 1 amide bonds. The number of carbonyl (C=O) groups is 1. The molecule has 0 unspecified atom stereocenters. The molecule has 0 aromatic heterocycles. The zero-order chi connectivity index (χ0) is 11.4. The second kappa shape index (κ2) is 4.94. The van der Waals surface area contributed by atoms with Crippen LogP contribution in [-0.4, -0.2) is 25.1 Å². The molecule has 1 radical (unpaired) electrons. The largest absolute Gasteiger partial charge is 0.277 e. The van der Waals surface area contributed by atoms with E-state index >= 15 is 0 Å². The highest BCUT2D eigenvalue weighted by Gasteiger charge is 2.12. The Labute approximate surface area is 90.6 Å². The van der Waals surface area contributed by atoms with Crippen LogP contribution in [0.15, 0.2) is 18.2 Å². The van der Waals surface area contributed by atoms with Crippen LogP contribution in [-0.2, 0) is 4.84 Å². The van der Waals surface area contributed by atoms with Crippen molar-refractivity contribution in [2.24, 2.45) is 0 Å². The van der Waals surface area contributed by atoms with Crippen LogP contribution in [0.2, 0.25) is 0 Å². The standard InChI is InChI=1S/C12H16NO2/c1-9(2)10-6-5-7-11(8-10)12(14)13(3)15-4/h5,7-9H,1-4H3. The van der Waals surface area contributed by atoms with Crippen LogP contribution in [0.5, 0.6) is 0 Å². The molecule has 0 heterocycles. The Morgan fingerprint density at radius 1 is 1.53 bits per heavy atom. The van der Waals surface area contributed by atoms with Crippen LogP contribution in [0, 0.1) is 6.07 Å². The van der Waals surface area contributed by atoms with Crippen LogP contribution in [0.25, 0.3) is 0 Å². The summed E-state index contributed by atoms with van der Waals surface area (Å²) in [6.07, 6.45) is 0. The fraction of sp³-hybridized carbons (Fsp3) is 0.417. The van der Waals surface area contributed by atoms with Crippen molar-refractivity contribution in [3.63, 3.8) is 0 Å². The van der Waals surface area contributed by atoms with Gasteiger partial charge in [-0.1, -0.05) is 19.9 Å². The van der Waals surface area contributed by atoms with Crippen molar-refractivity contribution in [3.8, 4) is 0 Å². The maximum Gasteiger partial charge on any atom is 0.277 e. The van der Waals surface area contributed by atoms with Gasteiger partial charge in [0.25, 0.3) is 5.91 Å². The lowest BCUT2D eigenvalue weighted by Crippen LogP contribution is -2.25. The summed E-state index contributed by atoms with van der Waals surface area (Å²) in [5, 5.41) is 1.21. The summed E-state index contributed by atoms with van der Waals surface area (Å²) in [6, 6.07) is 8.47. The number of hydroxylamine groups is 2. The van der Waals surface area contributed by atoms with Crippen LogP contribution < -0.4 is 0 Å². The number of hydrogen-bond acceptors (Lipinski definition) is 2. The van der Waals surface area contributed by atoms with Crippen molar-refractivity contribution in [2.45, 2.75) is 19.8 Å². The smallest absolute Gasteiger partial charge is 0.274 e. The Balaban J connectivity index is 2.95. The lowest BCUT2D eigenvalue weighted by molar-refractivity contribution is -0.0757. The first kappa shape index (κ1) is 11.7. The summed E-state index contributed by atoms with van der Waals surface area (Å²) < 4.78 is 0. The minimum absolute atomic E-state index is 0.145. The van der Waals surface area contributed by atoms with Gasteiger partial charge in [0.2, 0.25) is 0 Å². The van der Waals surface area contributed by atoms with E-state index in [1.54, 1.807) is 19.2 Å². The van der Waals surface area contributed by atoms with Crippen LogP contribution in [0.1, 0.15) is 35.7 Å². The normalized spacial score (nSPS) is 10.5. The first-order valence-corrected chi connectivity index (χ1v) is 4.90. The number of hydrogen-bond donors (Lipinski definition) is 0. The number of amides is 1. The first-order chi connectivity index (χ1) is 7.06. The molecule has 1 aromatic rings. The molecule has 81 valence electrons. The van der Waals surface area contributed by atoms with Gasteiger partial charge in [-0.25, -0.2) is 5.06 Å². The zero-order valence-corrected chi connectivity index (χ0v) is 9.57. The monoisotopic (exact) mass is 206 g/mol. The Bertz CT molecular complexity index is 347. The van der Waals surface area contributed by atoms with Gasteiger partial charge in [-0.05, 0) is 29.7 Å². The second-order valence-electron chi connectivity index (χ2n) is 3.67. The molecule has 0 atom stereocenters. The fourth-order valence-corrected chi connectivity index (χ4v) is 1.22. The molecular weight excluding hydrogens is 190 g/mol. The van der Waals surface area contributed by atoms with Gasteiger partial charge in [0.15, 0.2) is 0 Å². The fourth-order valence-electron chi connectivity index (χ4n) is 1.22. The van der Waals surface area contributed by atoms with E-state index in [0.717, 1.165) is 5.56 Å². The van der Waals surface area contributed by atoms with Gasteiger partial charge >= 0.3 is 0 Å². The van der Waals surface area contributed by atoms with Gasteiger partial charge in [0.05, 0.1) is 7.11 Å². The average molecular weight is 206 g/mol. The third kappa shape index (κ3) is 2.80. The topological polar surface area (TPSA) is 29.5 Å². The Morgan fingerprint density at radius 2 is 2.20 bits per heavy atom. The molecule has 0 spiro atoms. The average Bonchev–Trinajstić information content (AvgIpc) is 2.27. The van der Waals surface area contributed by atoms with Crippen molar-refractivity contribution < 1.29 is 9.63 Å². The van der Waals surface area contributed by atoms with E-state index in [0.29, 0.717) is 11.5 Å². The molecule has 3 heteroatoms. The van der Waals surface area contributed by atoms with E-state index in [1.165, 1.54) is 12.2 Å². The predicted octanol–water partition coefficient (Wildman–Crippen LogP) is 2.24. The van der Waals surface area contributed by atoms with E-state index in [2.05, 4.69) is 19.9 Å². The highest BCUT2D eigenvalue weighted by Crippen LogP contribution is 2.15. The summed E-state index contributed by atoms with van der Waals surface area (Å²) in [5.41, 5.74) is 1.66. The maximum atomic E-state index is 11.7. The highest BCUT2D eigenvalue weighted by atomic mass is 16.7. The van der Waals surface area contributed by atoms with Crippen molar-refractivity contribution >= 4 is 5.91 Å². The van der Waals surface area contributed by atoms with Gasteiger partial charge in [-0.15, -0.1) is 0 Å². The number of carbonyl (C=O) groups excluding carboxylic acids is 1. The van der Waals surface area contributed by atoms with Crippen molar-refractivity contribution in [3.05, 3.63) is 35.4 Å². The summed E-state index contributed by atoms with van der Waals surface area (Å²) in [4.78, 5) is 16.6. The molecule has 0 aliphatic heterocycles. The van der Waals surface area contributed by atoms with Crippen molar-refractivity contribution in [1.29, 1.82) is 0 Å². The van der Waals surface area contributed by atoms with E-state index in [9.17, 15) is 4.79 Å². The molecule has 0 fully saturated rings.